The molecular formula is C21H25NO5. The molecule has 1 atom stereocenters. The number of carboxylic acids is 1. The second-order valence-corrected chi connectivity index (χ2v) is 7.20. The van der Waals surface area contributed by atoms with Crippen LogP contribution in [0.4, 0.5) is 0 Å². The average molecular weight is 371 g/mol. The molecule has 0 fully saturated rings. The van der Waals surface area contributed by atoms with Crippen molar-refractivity contribution in [2.45, 2.75) is 33.4 Å². The summed E-state index contributed by atoms with van der Waals surface area (Å²) in [6, 6.07) is 14.7. The van der Waals surface area contributed by atoms with Gasteiger partial charge in [0.25, 0.3) is 5.91 Å². The summed E-state index contributed by atoms with van der Waals surface area (Å²) in [4.78, 5) is 30.9. The van der Waals surface area contributed by atoms with Crippen LogP contribution in [0, 0.1) is 5.41 Å². The fourth-order valence-corrected chi connectivity index (χ4v) is 2.73. The van der Waals surface area contributed by atoms with Crippen molar-refractivity contribution >= 4 is 11.9 Å². The molecule has 6 nitrogen and oxygen atoms in total. The molecule has 0 heterocycles. The summed E-state index contributed by atoms with van der Waals surface area (Å²) in [5, 5.41) is 10.7. The van der Waals surface area contributed by atoms with Crippen LogP contribution in [0.15, 0.2) is 54.6 Å². The van der Waals surface area contributed by atoms with E-state index in [2.05, 4.69) is 0 Å². The first kappa shape index (κ1) is 20.5. The van der Waals surface area contributed by atoms with E-state index in [4.69, 9.17) is 9.57 Å². The monoisotopic (exact) mass is 371 g/mol. The molecule has 144 valence electrons. The van der Waals surface area contributed by atoms with Gasteiger partial charge >= 0.3 is 5.97 Å². The minimum Gasteiger partial charge on any atom is -0.496 e. The Morgan fingerprint density at radius 1 is 1.04 bits per heavy atom. The molecule has 0 radical (unpaired) electrons. The molecule has 27 heavy (non-hydrogen) atoms. The molecule has 1 amide bonds. The summed E-state index contributed by atoms with van der Waals surface area (Å²) in [5.74, 6) is -1.35. The highest BCUT2D eigenvalue weighted by atomic mass is 16.7. The summed E-state index contributed by atoms with van der Waals surface area (Å²) in [6.07, 6.45) is 0. The summed E-state index contributed by atoms with van der Waals surface area (Å²) < 4.78 is 5.25. The zero-order valence-corrected chi connectivity index (χ0v) is 16.0. The van der Waals surface area contributed by atoms with Crippen LogP contribution in [-0.2, 0) is 16.2 Å². The van der Waals surface area contributed by atoms with E-state index in [0.29, 0.717) is 5.75 Å². The van der Waals surface area contributed by atoms with Gasteiger partial charge in [0.1, 0.15) is 12.4 Å². The molecule has 0 aliphatic rings. The number of rotatable bonds is 7. The van der Waals surface area contributed by atoms with Gasteiger partial charge in [-0.05, 0) is 23.1 Å². The second-order valence-electron chi connectivity index (χ2n) is 7.20. The lowest BCUT2D eigenvalue weighted by Crippen LogP contribution is -2.52. The molecule has 0 bridgehead atoms. The van der Waals surface area contributed by atoms with E-state index < -0.39 is 23.3 Å². The van der Waals surface area contributed by atoms with Crippen molar-refractivity contribution in [3.63, 3.8) is 0 Å². The van der Waals surface area contributed by atoms with E-state index in [1.807, 2.05) is 30.3 Å². The maximum Gasteiger partial charge on any atom is 0.329 e. The molecule has 0 aromatic heterocycles. The van der Waals surface area contributed by atoms with Gasteiger partial charge in [0, 0.05) is 0 Å². The third-order valence-electron chi connectivity index (χ3n) is 4.04. The van der Waals surface area contributed by atoms with E-state index in [0.717, 1.165) is 10.6 Å². The van der Waals surface area contributed by atoms with Crippen LogP contribution < -0.4 is 4.74 Å². The third kappa shape index (κ3) is 5.08. The number of carbonyl (C=O) groups excluding carboxylic acids is 1. The number of nitrogens with zero attached hydrogens (tertiary/aromatic N) is 1. The van der Waals surface area contributed by atoms with Gasteiger partial charge in [-0.15, -0.1) is 0 Å². The largest absolute Gasteiger partial charge is 0.496 e. The smallest absolute Gasteiger partial charge is 0.329 e. The average Bonchev–Trinajstić information content (AvgIpc) is 2.63. The summed E-state index contributed by atoms with van der Waals surface area (Å²) in [5.41, 5.74) is 0.317. The van der Waals surface area contributed by atoms with E-state index in [1.165, 1.54) is 7.11 Å². The molecule has 2 aromatic rings. The summed E-state index contributed by atoms with van der Waals surface area (Å²) in [7, 11) is 1.46. The normalized spacial score (nSPS) is 12.3. The number of amides is 1. The van der Waals surface area contributed by atoms with Crippen molar-refractivity contribution in [2.24, 2.45) is 5.41 Å². The first-order valence-corrected chi connectivity index (χ1v) is 8.62. The number of para-hydroxylation sites is 1. The third-order valence-corrected chi connectivity index (χ3v) is 4.04. The van der Waals surface area contributed by atoms with Crippen molar-refractivity contribution in [1.82, 2.24) is 5.06 Å². The number of hydroxylamine groups is 2. The Kier molecular flexibility index (Phi) is 6.58. The van der Waals surface area contributed by atoms with Gasteiger partial charge in [-0.3, -0.25) is 9.63 Å². The van der Waals surface area contributed by atoms with E-state index in [1.54, 1.807) is 45.0 Å². The van der Waals surface area contributed by atoms with Crippen molar-refractivity contribution < 1.29 is 24.3 Å². The van der Waals surface area contributed by atoms with Crippen LogP contribution in [0.1, 0.15) is 36.7 Å². The van der Waals surface area contributed by atoms with Gasteiger partial charge in [0.05, 0.1) is 12.7 Å². The molecule has 0 spiro atoms. The van der Waals surface area contributed by atoms with Crippen LogP contribution in [0.25, 0.3) is 0 Å². The first-order valence-electron chi connectivity index (χ1n) is 8.62. The standard InChI is InChI=1S/C21H25NO5/c1-21(2,3)18(20(24)25)22(27-14-15-10-6-5-7-11-15)19(23)16-12-8-9-13-17(16)26-4/h5-13,18H,14H2,1-4H3,(H,24,25). The predicted octanol–water partition coefficient (Wildman–Crippen LogP) is 3.77. The molecular weight excluding hydrogens is 346 g/mol. The van der Waals surface area contributed by atoms with Gasteiger partial charge in [-0.2, -0.15) is 0 Å². The molecule has 0 aliphatic carbocycles. The van der Waals surface area contributed by atoms with Gasteiger partial charge < -0.3 is 9.84 Å². The second kappa shape index (κ2) is 8.68. The summed E-state index contributed by atoms with van der Waals surface area (Å²) in [6.45, 7) is 5.32. The fraction of sp³-hybridized carbons (Fsp3) is 0.333. The number of aliphatic carboxylic acids is 1. The molecule has 1 unspecified atom stereocenters. The highest BCUT2D eigenvalue weighted by Gasteiger charge is 2.41. The maximum atomic E-state index is 13.2. The first-order chi connectivity index (χ1) is 12.8. The highest BCUT2D eigenvalue weighted by Crippen LogP contribution is 2.29. The van der Waals surface area contributed by atoms with Crippen LogP contribution in [0.3, 0.4) is 0 Å². The number of carbonyl (C=O) groups is 2. The number of methoxy groups -OCH3 is 1. The Morgan fingerprint density at radius 2 is 1.63 bits per heavy atom. The Labute approximate surface area is 159 Å². The number of ether oxygens (including phenoxy) is 1. The predicted molar refractivity (Wildman–Crippen MR) is 101 cm³/mol. The topological polar surface area (TPSA) is 76.1 Å². The van der Waals surface area contributed by atoms with Crippen molar-refractivity contribution in [2.75, 3.05) is 7.11 Å². The lowest BCUT2D eigenvalue weighted by atomic mass is 9.86. The Hall–Kier alpha value is -2.86. The van der Waals surface area contributed by atoms with Gasteiger partial charge in [0.2, 0.25) is 0 Å². The van der Waals surface area contributed by atoms with Crippen molar-refractivity contribution in [3.05, 3.63) is 65.7 Å². The SMILES string of the molecule is COc1ccccc1C(=O)N(OCc1ccccc1)C(C(=O)O)C(C)(C)C. The Balaban J connectivity index is 2.41. The highest BCUT2D eigenvalue weighted by molar-refractivity contribution is 5.98. The molecule has 6 heteroatoms. The molecule has 0 saturated carbocycles. The number of hydrogen-bond acceptors (Lipinski definition) is 4. The van der Waals surface area contributed by atoms with E-state index >= 15 is 0 Å². The minimum atomic E-state index is -1.18. The fourth-order valence-electron chi connectivity index (χ4n) is 2.73. The maximum absolute atomic E-state index is 13.2. The van der Waals surface area contributed by atoms with Crippen molar-refractivity contribution in [1.29, 1.82) is 0 Å². The number of carboxylic acid groups (broad SMARTS) is 1. The molecule has 2 aromatic carbocycles. The number of benzene rings is 2. The zero-order valence-electron chi connectivity index (χ0n) is 16.0. The van der Waals surface area contributed by atoms with Crippen LogP contribution in [0.2, 0.25) is 0 Å². The lowest BCUT2D eigenvalue weighted by molar-refractivity contribution is -0.194. The lowest BCUT2D eigenvalue weighted by Gasteiger charge is -2.36. The Morgan fingerprint density at radius 3 is 2.19 bits per heavy atom. The van der Waals surface area contributed by atoms with Crippen LogP contribution in [-0.4, -0.2) is 35.2 Å². The van der Waals surface area contributed by atoms with Crippen LogP contribution >= 0.6 is 0 Å². The molecule has 1 N–H and O–H groups in total. The minimum absolute atomic E-state index is 0.0710. The van der Waals surface area contributed by atoms with Gasteiger partial charge in [-0.1, -0.05) is 63.2 Å². The quantitative estimate of drug-likeness (QED) is 0.750. The molecule has 0 aliphatic heterocycles. The van der Waals surface area contributed by atoms with Crippen molar-refractivity contribution in [3.8, 4) is 5.75 Å². The van der Waals surface area contributed by atoms with E-state index in [9.17, 15) is 14.7 Å². The zero-order chi connectivity index (χ0) is 20.0. The molecule has 0 saturated heterocycles. The number of hydrogen-bond donors (Lipinski definition) is 1. The van der Waals surface area contributed by atoms with Gasteiger partial charge in [-0.25, -0.2) is 9.86 Å². The Bertz CT molecular complexity index is 783. The van der Waals surface area contributed by atoms with E-state index in [-0.39, 0.29) is 12.2 Å². The van der Waals surface area contributed by atoms with Crippen LogP contribution in [0.5, 0.6) is 5.75 Å². The van der Waals surface area contributed by atoms with Gasteiger partial charge in [0.15, 0.2) is 6.04 Å². The summed E-state index contributed by atoms with van der Waals surface area (Å²) >= 11 is 0. The molecule has 2 rings (SSSR count).